The van der Waals surface area contributed by atoms with Crippen molar-refractivity contribution in [3.63, 3.8) is 0 Å². The van der Waals surface area contributed by atoms with Gasteiger partial charge in [-0.3, -0.25) is 0 Å². The molecule has 0 radical (unpaired) electrons. The summed E-state index contributed by atoms with van der Waals surface area (Å²) < 4.78 is 12.6. The van der Waals surface area contributed by atoms with Crippen molar-refractivity contribution < 1.29 is 9.47 Å². The summed E-state index contributed by atoms with van der Waals surface area (Å²) >= 11 is 0. The van der Waals surface area contributed by atoms with Gasteiger partial charge in [0.1, 0.15) is 0 Å². The van der Waals surface area contributed by atoms with Crippen molar-refractivity contribution in [1.29, 1.82) is 0 Å². The van der Waals surface area contributed by atoms with E-state index in [0.29, 0.717) is 19.1 Å². The lowest BCUT2D eigenvalue weighted by atomic mass is 9.85. The summed E-state index contributed by atoms with van der Waals surface area (Å²) in [6.07, 6.45) is 1.92. The van der Waals surface area contributed by atoms with Crippen molar-refractivity contribution in [3.05, 3.63) is 0 Å². The van der Waals surface area contributed by atoms with E-state index in [1.807, 2.05) is 27.7 Å². The maximum Gasteiger partial charge on any atom is 0.0630 e. The maximum atomic E-state index is 6.30. The quantitative estimate of drug-likeness (QED) is 0.332. The fourth-order valence-corrected chi connectivity index (χ4v) is 3.33. The zero-order valence-corrected chi connectivity index (χ0v) is 22.9. The number of nitrogens with two attached hydrogens (primary N) is 2. The van der Waals surface area contributed by atoms with Gasteiger partial charge in [-0.05, 0) is 87.2 Å². The predicted octanol–water partition coefficient (Wildman–Crippen LogP) is 3.54. The average Bonchev–Trinajstić information content (AvgIpc) is 2.53. The molecule has 0 heterocycles. The molecule has 0 spiro atoms. The van der Waals surface area contributed by atoms with Crippen LogP contribution in [-0.2, 0) is 9.47 Å². The van der Waals surface area contributed by atoms with Crippen molar-refractivity contribution in [2.75, 3.05) is 26.3 Å². The minimum Gasteiger partial charge on any atom is -0.375 e. The number of hydrogen-bond acceptors (Lipinski definition) is 5. The molecule has 0 aliphatic heterocycles. The van der Waals surface area contributed by atoms with Crippen LogP contribution in [-0.4, -0.2) is 59.9 Å². The van der Waals surface area contributed by atoms with Gasteiger partial charge in [0.2, 0.25) is 0 Å². The minimum atomic E-state index is -0.273. The van der Waals surface area contributed by atoms with Crippen LogP contribution in [0.25, 0.3) is 0 Å². The van der Waals surface area contributed by atoms with Gasteiger partial charge >= 0.3 is 0 Å². The van der Waals surface area contributed by atoms with Crippen molar-refractivity contribution in [2.45, 2.75) is 109 Å². The Balaban J connectivity index is 4.92. The third-order valence-electron chi connectivity index (χ3n) is 5.46. The second-order valence-electron chi connectivity index (χ2n) is 11.1. The zero-order chi connectivity index (χ0) is 23.1. The van der Waals surface area contributed by atoms with E-state index < -0.39 is 0 Å². The lowest BCUT2D eigenvalue weighted by molar-refractivity contribution is -0.0630. The molecular weight excluding hydrogens is 400 g/mol. The van der Waals surface area contributed by atoms with Crippen LogP contribution in [0.1, 0.15) is 75.2 Å². The molecule has 0 aromatic rings. The summed E-state index contributed by atoms with van der Waals surface area (Å²) in [5.41, 5.74) is 11.9. The molecule has 4 atom stereocenters. The highest BCUT2D eigenvalue weighted by Gasteiger charge is 2.32. The van der Waals surface area contributed by atoms with E-state index in [-0.39, 0.29) is 33.6 Å². The van der Waals surface area contributed by atoms with Crippen LogP contribution in [0.15, 0.2) is 0 Å². The molecule has 0 aliphatic rings. The molecule has 176 valence electrons. The van der Waals surface area contributed by atoms with Crippen LogP contribution < -0.4 is 16.8 Å². The van der Waals surface area contributed by atoms with Gasteiger partial charge in [0, 0.05) is 22.4 Å². The van der Waals surface area contributed by atoms with E-state index in [9.17, 15) is 0 Å². The molecule has 0 saturated carbocycles. The highest BCUT2D eigenvalue weighted by atomic mass is 31.0. The Bertz CT molecular complexity index is 422. The Hall–Kier alpha value is 0.660. The van der Waals surface area contributed by atoms with Crippen LogP contribution in [0.5, 0.6) is 0 Å². The van der Waals surface area contributed by atoms with E-state index in [1.165, 1.54) is 0 Å². The van der Waals surface area contributed by atoms with Crippen LogP contribution in [0.3, 0.4) is 0 Å². The molecule has 4 unspecified atom stereocenters. The standard InChI is InChI=1S/C22H51N3O2P2/c1-10-25-13-16(11-19(2,3)26-14-17(28)21(6,7)23)12-20(4,5)27-15-18(29)22(8,9)24/h16-18,25H,10-15,23-24,28-29H2,1-9H3. The normalized spacial score (nSPS) is 17.3. The lowest BCUT2D eigenvalue weighted by Gasteiger charge is -2.37. The summed E-state index contributed by atoms with van der Waals surface area (Å²) in [5, 5.41) is 3.51. The van der Waals surface area contributed by atoms with Gasteiger partial charge < -0.3 is 26.3 Å². The number of nitrogens with one attached hydrogen (secondary N) is 1. The third-order valence-corrected chi connectivity index (χ3v) is 7.57. The lowest BCUT2D eigenvalue weighted by Crippen LogP contribution is -2.46. The van der Waals surface area contributed by atoms with E-state index in [0.717, 1.165) is 25.9 Å². The summed E-state index contributed by atoms with van der Waals surface area (Å²) in [7, 11) is 5.65. The molecule has 5 N–H and O–H groups in total. The zero-order valence-electron chi connectivity index (χ0n) is 20.6. The van der Waals surface area contributed by atoms with Crippen molar-refractivity contribution >= 4 is 18.5 Å². The minimum absolute atomic E-state index is 0.215. The second-order valence-corrected chi connectivity index (χ2v) is 12.7. The largest absolute Gasteiger partial charge is 0.375 e. The highest BCUT2D eigenvalue weighted by Crippen LogP contribution is 2.30. The fraction of sp³-hybridized carbons (Fsp3) is 1.00. The topological polar surface area (TPSA) is 82.5 Å². The molecule has 29 heavy (non-hydrogen) atoms. The van der Waals surface area contributed by atoms with Crippen molar-refractivity contribution in [3.8, 4) is 0 Å². The molecule has 7 heteroatoms. The molecule has 0 amide bonds. The van der Waals surface area contributed by atoms with Crippen LogP contribution >= 0.6 is 18.5 Å². The highest BCUT2D eigenvalue weighted by molar-refractivity contribution is 7.18. The third kappa shape index (κ3) is 13.6. The first-order valence-corrected chi connectivity index (χ1v) is 12.3. The molecule has 0 saturated heterocycles. The first-order valence-electron chi connectivity index (χ1n) is 11.0. The van der Waals surface area contributed by atoms with Crippen molar-refractivity contribution in [1.82, 2.24) is 5.32 Å². The van der Waals surface area contributed by atoms with Crippen LogP contribution in [0.2, 0.25) is 0 Å². The predicted molar refractivity (Wildman–Crippen MR) is 135 cm³/mol. The Morgan fingerprint density at radius 2 is 1.10 bits per heavy atom. The summed E-state index contributed by atoms with van der Waals surface area (Å²) in [5.74, 6) is 0.447. The van der Waals surface area contributed by atoms with E-state index in [1.54, 1.807) is 0 Å². The first kappa shape index (κ1) is 29.7. The smallest absolute Gasteiger partial charge is 0.0630 e. The second kappa shape index (κ2) is 12.0. The van der Waals surface area contributed by atoms with Gasteiger partial charge in [-0.25, -0.2) is 0 Å². The summed E-state index contributed by atoms with van der Waals surface area (Å²) in [6, 6.07) is 0. The maximum absolute atomic E-state index is 6.30. The Labute approximate surface area is 186 Å². The first-order chi connectivity index (χ1) is 12.9. The fourth-order valence-electron chi connectivity index (χ4n) is 3.13. The molecule has 0 fully saturated rings. The van der Waals surface area contributed by atoms with Gasteiger partial charge in [-0.2, -0.15) is 0 Å². The van der Waals surface area contributed by atoms with Gasteiger partial charge in [0.25, 0.3) is 0 Å². The van der Waals surface area contributed by atoms with Gasteiger partial charge in [-0.1, -0.05) is 6.92 Å². The van der Waals surface area contributed by atoms with Gasteiger partial charge in [0.05, 0.1) is 24.4 Å². The Morgan fingerprint density at radius 1 is 0.759 bits per heavy atom. The monoisotopic (exact) mass is 451 g/mol. The Kier molecular flexibility index (Phi) is 12.3. The summed E-state index contributed by atoms with van der Waals surface area (Å²) in [4.78, 5) is 0. The Morgan fingerprint density at radius 3 is 1.38 bits per heavy atom. The molecular formula is C22H51N3O2P2. The summed E-state index contributed by atoms with van der Waals surface area (Å²) in [6.45, 7) is 22.2. The number of rotatable bonds is 15. The van der Waals surface area contributed by atoms with Gasteiger partial charge in [0.15, 0.2) is 0 Å². The van der Waals surface area contributed by atoms with Crippen LogP contribution in [0.4, 0.5) is 0 Å². The molecule has 0 aliphatic carbocycles. The number of ether oxygens (including phenoxy) is 2. The van der Waals surface area contributed by atoms with Crippen molar-refractivity contribution in [2.24, 2.45) is 17.4 Å². The SMILES string of the molecule is CCNCC(CC(C)(C)OCC(P)C(C)(C)N)CC(C)(C)OCC(P)C(C)(C)N. The van der Waals surface area contributed by atoms with Crippen LogP contribution in [0, 0.1) is 5.92 Å². The van der Waals surface area contributed by atoms with Gasteiger partial charge in [-0.15, -0.1) is 18.5 Å². The molecule has 0 aromatic carbocycles. The molecule has 0 rings (SSSR count). The molecule has 0 bridgehead atoms. The van der Waals surface area contributed by atoms with E-state index >= 15 is 0 Å². The van der Waals surface area contributed by atoms with E-state index in [4.69, 9.17) is 20.9 Å². The number of hydrogen-bond donors (Lipinski definition) is 3. The molecule has 0 aromatic heterocycles. The average molecular weight is 452 g/mol. The molecule has 5 nitrogen and oxygen atoms in total. The van der Waals surface area contributed by atoms with E-state index in [2.05, 4.69) is 58.4 Å².